The van der Waals surface area contributed by atoms with Crippen molar-refractivity contribution in [3.05, 3.63) is 46.2 Å². The molecule has 0 fully saturated rings. The van der Waals surface area contributed by atoms with Gasteiger partial charge in [-0.3, -0.25) is 10.5 Å². The molecule has 0 aliphatic rings. The molecule has 1 aromatic carbocycles. The number of benzene rings is 1. The monoisotopic (exact) mass is 308 g/mol. The molecule has 21 heavy (non-hydrogen) atoms. The van der Waals surface area contributed by atoms with E-state index in [1.807, 2.05) is 16.8 Å². The van der Waals surface area contributed by atoms with Crippen LogP contribution >= 0.6 is 11.6 Å². The second-order valence-corrected chi connectivity index (χ2v) is 5.15. The van der Waals surface area contributed by atoms with Crippen LogP contribution in [0.3, 0.4) is 0 Å². The van der Waals surface area contributed by atoms with E-state index in [0.717, 1.165) is 35.7 Å². The normalized spacial score (nSPS) is 12.4. The van der Waals surface area contributed by atoms with Crippen molar-refractivity contribution in [3.8, 4) is 5.75 Å². The van der Waals surface area contributed by atoms with Crippen molar-refractivity contribution in [1.29, 1.82) is 0 Å². The lowest BCUT2D eigenvalue weighted by Gasteiger charge is -2.20. The first kappa shape index (κ1) is 15.8. The number of nitrogens with one attached hydrogen (secondary N) is 1. The van der Waals surface area contributed by atoms with Crippen molar-refractivity contribution in [2.45, 2.75) is 32.9 Å². The lowest BCUT2D eigenvalue weighted by Crippen LogP contribution is -2.31. The minimum absolute atomic E-state index is 0.230. The molecule has 0 radical (unpaired) electrons. The quantitative estimate of drug-likeness (QED) is 0.636. The molecule has 1 atom stereocenters. The molecule has 0 spiro atoms. The van der Waals surface area contributed by atoms with E-state index in [2.05, 4.69) is 30.4 Å². The standard InChI is InChI=1S/C15H21ClN4O/c1-4-11-9-13(20(5-2)19-11)15(18-17)12-8-10(16)6-7-14(12)21-3/h6-9,15,18H,4-5,17H2,1-3H3. The van der Waals surface area contributed by atoms with E-state index in [1.165, 1.54) is 0 Å². The summed E-state index contributed by atoms with van der Waals surface area (Å²) in [4.78, 5) is 0. The molecule has 0 aliphatic heterocycles. The zero-order valence-corrected chi connectivity index (χ0v) is 13.3. The number of methoxy groups -OCH3 is 1. The number of hydrazine groups is 1. The number of halogens is 1. The van der Waals surface area contributed by atoms with Gasteiger partial charge in [0.1, 0.15) is 5.75 Å². The molecule has 1 unspecified atom stereocenters. The third kappa shape index (κ3) is 3.20. The van der Waals surface area contributed by atoms with E-state index in [-0.39, 0.29) is 6.04 Å². The van der Waals surface area contributed by atoms with Gasteiger partial charge in [-0.15, -0.1) is 0 Å². The van der Waals surface area contributed by atoms with Crippen LogP contribution < -0.4 is 16.0 Å². The summed E-state index contributed by atoms with van der Waals surface area (Å²) >= 11 is 6.12. The van der Waals surface area contributed by atoms with Crippen LogP contribution in [0.4, 0.5) is 0 Å². The summed E-state index contributed by atoms with van der Waals surface area (Å²) in [5.41, 5.74) is 5.78. The van der Waals surface area contributed by atoms with E-state index in [4.69, 9.17) is 22.2 Å². The highest BCUT2D eigenvalue weighted by Gasteiger charge is 2.22. The van der Waals surface area contributed by atoms with Crippen LogP contribution in [0.25, 0.3) is 0 Å². The van der Waals surface area contributed by atoms with Crippen LogP contribution in [-0.4, -0.2) is 16.9 Å². The minimum Gasteiger partial charge on any atom is -0.496 e. The highest BCUT2D eigenvalue weighted by atomic mass is 35.5. The predicted octanol–water partition coefficient (Wildman–Crippen LogP) is 2.68. The number of hydrogen-bond donors (Lipinski definition) is 2. The smallest absolute Gasteiger partial charge is 0.124 e. The first-order valence-corrected chi connectivity index (χ1v) is 7.38. The molecule has 2 aromatic rings. The Morgan fingerprint density at radius 3 is 2.71 bits per heavy atom. The van der Waals surface area contributed by atoms with Crippen LogP contribution in [0.2, 0.25) is 5.02 Å². The van der Waals surface area contributed by atoms with E-state index in [1.54, 1.807) is 13.2 Å². The number of aromatic nitrogens is 2. The third-order valence-corrected chi connectivity index (χ3v) is 3.72. The first-order valence-electron chi connectivity index (χ1n) is 7.00. The average molecular weight is 309 g/mol. The Kier molecular flexibility index (Phi) is 5.22. The molecule has 1 aromatic heterocycles. The van der Waals surface area contributed by atoms with Crippen LogP contribution in [0.1, 0.15) is 36.8 Å². The van der Waals surface area contributed by atoms with Gasteiger partial charge in [0.05, 0.1) is 24.5 Å². The molecule has 3 N–H and O–H groups in total. The molecule has 114 valence electrons. The van der Waals surface area contributed by atoms with Crippen molar-refractivity contribution in [2.24, 2.45) is 5.84 Å². The highest BCUT2D eigenvalue weighted by Crippen LogP contribution is 2.32. The number of rotatable bonds is 6. The summed E-state index contributed by atoms with van der Waals surface area (Å²) < 4.78 is 7.38. The van der Waals surface area contributed by atoms with E-state index < -0.39 is 0 Å². The fraction of sp³-hybridized carbons (Fsp3) is 0.400. The van der Waals surface area contributed by atoms with Gasteiger partial charge in [-0.25, -0.2) is 5.43 Å². The second kappa shape index (κ2) is 6.93. The molecule has 0 amide bonds. The van der Waals surface area contributed by atoms with E-state index >= 15 is 0 Å². The second-order valence-electron chi connectivity index (χ2n) is 4.72. The number of nitrogens with two attached hydrogens (primary N) is 1. The van der Waals surface area contributed by atoms with Gasteiger partial charge in [0.2, 0.25) is 0 Å². The Balaban J connectivity index is 2.53. The summed E-state index contributed by atoms with van der Waals surface area (Å²) in [6.45, 7) is 4.91. The number of ether oxygens (including phenoxy) is 1. The Bertz CT molecular complexity index is 612. The molecule has 0 aliphatic carbocycles. The molecule has 1 heterocycles. The van der Waals surface area contributed by atoms with E-state index in [9.17, 15) is 0 Å². The zero-order chi connectivity index (χ0) is 15.4. The lowest BCUT2D eigenvalue weighted by molar-refractivity contribution is 0.402. The van der Waals surface area contributed by atoms with Crippen molar-refractivity contribution in [3.63, 3.8) is 0 Å². The molecule has 6 heteroatoms. The molecule has 2 rings (SSSR count). The van der Waals surface area contributed by atoms with Gasteiger partial charge < -0.3 is 4.74 Å². The maximum absolute atomic E-state index is 6.12. The van der Waals surface area contributed by atoms with Gasteiger partial charge in [-0.2, -0.15) is 5.10 Å². The van der Waals surface area contributed by atoms with Crippen molar-refractivity contribution in [1.82, 2.24) is 15.2 Å². The van der Waals surface area contributed by atoms with Gasteiger partial charge in [0.15, 0.2) is 0 Å². The van der Waals surface area contributed by atoms with Crippen molar-refractivity contribution in [2.75, 3.05) is 7.11 Å². The molecule has 0 saturated heterocycles. The lowest BCUT2D eigenvalue weighted by atomic mass is 10.0. The molecular weight excluding hydrogens is 288 g/mol. The zero-order valence-electron chi connectivity index (χ0n) is 12.6. The van der Waals surface area contributed by atoms with Gasteiger partial charge in [0.25, 0.3) is 0 Å². The minimum atomic E-state index is -0.230. The summed E-state index contributed by atoms with van der Waals surface area (Å²) in [7, 11) is 1.63. The number of nitrogens with zero attached hydrogens (tertiary/aromatic N) is 2. The SMILES string of the molecule is CCc1cc(C(NN)c2cc(Cl)ccc2OC)n(CC)n1. The maximum Gasteiger partial charge on any atom is 0.124 e. The average Bonchev–Trinajstić information content (AvgIpc) is 2.91. The fourth-order valence-corrected chi connectivity index (χ4v) is 2.59. The van der Waals surface area contributed by atoms with Crippen molar-refractivity contribution < 1.29 is 4.74 Å². The fourth-order valence-electron chi connectivity index (χ4n) is 2.41. The Morgan fingerprint density at radius 1 is 1.38 bits per heavy atom. The maximum atomic E-state index is 6.12. The van der Waals surface area contributed by atoms with Gasteiger partial charge >= 0.3 is 0 Å². The highest BCUT2D eigenvalue weighted by molar-refractivity contribution is 6.30. The van der Waals surface area contributed by atoms with Crippen molar-refractivity contribution >= 4 is 11.6 Å². The summed E-state index contributed by atoms with van der Waals surface area (Å²) in [5, 5.41) is 5.21. The largest absolute Gasteiger partial charge is 0.496 e. The van der Waals surface area contributed by atoms with Gasteiger partial charge in [-0.1, -0.05) is 18.5 Å². The Hall–Kier alpha value is -1.56. The molecule has 0 saturated carbocycles. The van der Waals surface area contributed by atoms with Gasteiger partial charge in [-0.05, 0) is 37.6 Å². The Labute approximate surface area is 130 Å². The van der Waals surface area contributed by atoms with Crippen LogP contribution in [0, 0.1) is 0 Å². The van der Waals surface area contributed by atoms with E-state index in [0.29, 0.717) is 5.02 Å². The third-order valence-electron chi connectivity index (χ3n) is 3.49. The predicted molar refractivity (Wildman–Crippen MR) is 84.4 cm³/mol. The topological polar surface area (TPSA) is 65.1 Å². The molecule has 0 bridgehead atoms. The Morgan fingerprint density at radius 2 is 2.14 bits per heavy atom. The van der Waals surface area contributed by atoms with Crippen LogP contribution in [-0.2, 0) is 13.0 Å². The molecular formula is C15H21ClN4O. The number of hydrogen-bond acceptors (Lipinski definition) is 4. The summed E-state index contributed by atoms with van der Waals surface area (Å²) in [5.74, 6) is 6.54. The number of aryl methyl sites for hydroxylation is 2. The van der Waals surface area contributed by atoms with Gasteiger partial charge in [0, 0.05) is 17.1 Å². The van der Waals surface area contributed by atoms with Crippen LogP contribution in [0.15, 0.2) is 24.3 Å². The van der Waals surface area contributed by atoms with Crippen LogP contribution in [0.5, 0.6) is 5.75 Å². The first-order chi connectivity index (χ1) is 10.1. The summed E-state index contributed by atoms with van der Waals surface area (Å²) in [6.07, 6.45) is 0.879. The summed E-state index contributed by atoms with van der Waals surface area (Å²) in [6, 6.07) is 7.34. The molecule has 5 nitrogen and oxygen atoms in total.